The first-order chi connectivity index (χ1) is 9.70. The van der Waals surface area contributed by atoms with Crippen molar-refractivity contribution < 1.29 is 27.8 Å². The molecule has 1 aromatic carbocycles. The minimum atomic E-state index is -3.98. The summed E-state index contributed by atoms with van der Waals surface area (Å²) in [6.07, 6.45) is 0. The Labute approximate surface area is 120 Å². The molecule has 2 rings (SSSR count). The first kappa shape index (κ1) is 14.9. The summed E-state index contributed by atoms with van der Waals surface area (Å²) in [5, 5.41) is 18.1. The van der Waals surface area contributed by atoms with Crippen LogP contribution in [0.15, 0.2) is 33.6 Å². The van der Waals surface area contributed by atoms with Crippen LogP contribution in [-0.2, 0) is 10.0 Å². The van der Waals surface area contributed by atoms with E-state index in [1.165, 1.54) is 25.1 Å². The van der Waals surface area contributed by atoms with E-state index < -0.39 is 21.8 Å². The number of aryl methyl sites for hydroxylation is 2. The molecule has 0 fully saturated rings. The van der Waals surface area contributed by atoms with Crippen molar-refractivity contribution in [2.24, 2.45) is 0 Å². The van der Waals surface area contributed by atoms with Gasteiger partial charge in [0.25, 0.3) is 10.0 Å². The lowest BCUT2D eigenvalue weighted by molar-refractivity contribution is 0.0661. The summed E-state index contributed by atoms with van der Waals surface area (Å²) in [7, 11) is -3.98. The van der Waals surface area contributed by atoms with Crippen molar-refractivity contribution in [1.82, 2.24) is 0 Å². The molecule has 2 aromatic rings. The van der Waals surface area contributed by atoms with Crippen molar-refractivity contribution in [2.45, 2.75) is 18.7 Å². The van der Waals surface area contributed by atoms with E-state index in [0.717, 1.165) is 6.07 Å². The average Bonchev–Trinajstić information content (AvgIpc) is 2.76. The van der Waals surface area contributed by atoms with Crippen molar-refractivity contribution in [3.63, 3.8) is 0 Å². The van der Waals surface area contributed by atoms with Crippen LogP contribution in [0.5, 0.6) is 5.75 Å². The van der Waals surface area contributed by atoms with Crippen LogP contribution in [0.1, 0.15) is 21.9 Å². The number of phenolic OH excluding ortho intramolecular Hbond substituents is 1. The van der Waals surface area contributed by atoms with Gasteiger partial charge in [0.1, 0.15) is 16.4 Å². The first-order valence-electron chi connectivity index (χ1n) is 5.87. The Kier molecular flexibility index (Phi) is 3.65. The van der Waals surface area contributed by atoms with E-state index in [1.54, 1.807) is 6.92 Å². The maximum Gasteiger partial charge on any atom is 0.371 e. The fourth-order valence-electron chi connectivity index (χ4n) is 1.80. The van der Waals surface area contributed by atoms with Crippen LogP contribution in [0.2, 0.25) is 0 Å². The van der Waals surface area contributed by atoms with Crippen LogP contribution in [0.4, 0.5) is 5.69 Å². The van der Waals surface area contributed by atoms with Crippen LogP contribution in [0.3, 0.4) is 0 Å². The topological polar surface area (TPSA) is 117 Å². The number of carbonyl (C=O) groups is 1. The molecule has 7 nitrogen and oxygen atoms in total. The van der Waals surface area contributed by atoms with Crippen LogP contribution in [0, 0.1) is 13.8 Å². The van der Waals surface area contributed by atoms with E-state index in [-0.39, 0.29) is 22.1 Å². The van der Waals surface area contributed by atoms with Gasteiger partial charge in [-0.05, 0) is 37.6 Å². The number of benzene rings is 1. The van der Waals surface area contributed by atoms with Gasteiger partial charge in [-0.15, -0.1) is 0 Å². The Hall–Kier alpha value is -2.48. The van der Waals surface area contributed by atoms with E-state index in [1.807, 2.05) is 0 Å². The molecule has 0 aliphatic heterocycles. The number of sulfonamides is 1. The summed E-state index contributed by atoms with van der Waals surface area (Å²) in [6, 6.07) is 5.12. The Bertz CT molecular complexity index is 806. The molecule has 0 saturated heterocycles. The van der Waals surface area contributed by atoms with E-state index in [9.17, 15) is 18.3 Å². The number of nitrogens with one attached hydrogen (secondary N) is 1. The summed E-state index contributed by atoms with van der Waals surface area (Å²) >= 11 is 0. The highest BCUT2D eigenvalue weighted by Gasteiger charge is 2.24. The number of hydrogen-bond donors (Lipinski definition) is 3. The summed E-state index contributed by atoms with van der Waals surface area (Å²) in [4.78, 5) is 10.6. The lowest BCUT2D eigenvalue weighted by Gasteiger charge is -2.09. The molecule has 0 spiro atoms. The highest BCUT2D eigenvalue weighted by molar-refractivity contribution is 7.92. The molecule has 0 amide bonds. The highest BCUT2D eigenvalue weighted by atomic mass is 32.2. The molecule has 0 aliphatic rings. The quantitative estimate of drug-likeness (QED) is 0.744. The third-order valence-corrected chi connectivity index (χ3v) is 4.30. The largest absolute Gasteiger partial charge is 0.508 e. The molecule has 0 aliphatic carbocycles. The predicted octanol–water partition coefficient (Wildman–Crippen LogP) is 2.10. The van der Waals surface area contributed by atoms with Crippen molar-refractivity contribution in [3.8, 4) is 5.75 Å². The van der Waals surface area contributed by atoms with Crippen LogP contribution in [0.25, 0.3) is 0 Å². The zero-order chi connectivity index (χ0) is 15.8. The van der Waals surface area contributed by atoms with Gasteiger partial charge in [-0.1, -0.05) is 0 Å². The van der Waals surface area contributed by atoms with Gasteiger partial charge in [-0.25, -0.2) is 13.2 Å². The Balaban J connectivity index is 2.41. The van der Waals surface area contributed by atoms with Gasteiger partial charge in [0.2, 0.25) is 5.76 Å². The number of carboxylic acids is 1. The predicted molar refractivity (Wildman–Crippen MR) is 74.1 cm³/mol. The average molecular weight is 311 g/mol. The molecule has 0 saturated carbocycles. The molecule has 0 radical (unpaired) electrons. The monoisotopic (exact) mass is 311 g/mol. The van der Waals surface area contributed by atoms with Crippen molar-refractivity contribution in [1.29, 1.82) is 0 Å². The number of aromatic hydroxyl groups is 1. The van der Waals surface area contributed by atoms with Crippen molar-refractivity contribution >= 4 is 21.7 Å². The van der Waals surface area contributed by atoms with Crippen LogP contribution < -0.4 is 4.72 Å². The lowest BCUT2D eigenvalue weighted by atomic mass is 10.2. The molecule has 3 N–H and O–H groups in total. The van der Waals surface area contributed by atoms with Crippen LogP contribution >= 0.6 is 0 Å². The van der Waals surface area contributed by atoms with Gasteiger partial charge in [-0.2, -0.15) is 0 Å². The third kappa shape index (κ3) is 3.00. The van der Waals surface area contributed by atoms with E-state index in [0.29, 0.717) is 5.56 Å². The normalized spacial score (nSPS) is 11.3. The van der Waals surface area contributed by atoms with Gasteiger partial charge in [-0.3, -0.25) is 4.72 Å². The summed E-state index contributed by atoms with van der Waals surface area (Å²) in [6.45, 7) is 2.99. The lowest BCUT2D eigenvalue weighted by Crippen LogP contribution is -2.14. The van der Waals surface area contributed by atoms with Gasteiger partial charge in [0.05, 0.1) is 5.69 Å². The minimum absolute atomic E-state index is 0.0168. The summed E-state index contributed by atoms with van der Waals surface area (Å²) in [5.41, 5.74) is 0.809. The Morgan fingerprint density at radius 1 is 1.24 bits per heavy atom. The van der Waals surface area contributed by atoms with Gasteiger partial charge in [0.15, 0.2) is 0 Å². The number of anilines is 1. The zero-order valence-corrected chi connectivity index (χ0v) is 12.1. The molecular weight excluding hydrogens is 298 g/mol. The van der Waals surface area contributed by atoms with E-state index in [2.05, 4.69) is 4.72 Å². The molecule has 0 unspecified atom stereocenters. The minimum Gasteiger partial charge on any atom is -0.508 e. The molecule has 21 heavy (non-hydrogen) atoms. The second-order valence-electron chi connectivity index (χ2n) is 4.44. The number of furan rings is 1. The fourth-order valence-corrected chi connectivity index (χ4v) is 3.11. The third-order valence-electron chi connectivity index (χ3n) is 2.83. The van der Waals surface area contributed by atoms with Gasteiger partial charge in [0, 0.05) is 6.07 Å². The summed E-state index contributed by atoms with van der Waals surface area (Å²) < 4.78 is 31.8. The Morgan fingerprint density at radius 2 is 1.90 bits per heavy atom. The molecule has 8 heteroatoms. The SMILES string of the molecule is Cc1cc(O)ccc1NS(=O)(=O)c1cc(C(=O)O)oc1C. The Morgan fingerprint density at radius 3 is 2.43 bits per heavy atom. The number of carboxylic acid groups (broad SMARTS) is 1. The smallest absolute Gasteiger partial charge is 0.371 e. The molecule has 0 atom stereocenters. The second-order valence-corrected chi connectivity index (χ2v) is 6.09. The molecule has 1 aromatic heterocycles. The van der Waals surface area contributed by atoms with E-state index >= 15 is 0 Å². The first-order valence-corrected chi connectivity index (χ1v) is 7.35. The fraction of sp³-hybridized carbons (Fsp3) is 0.154. The molecule has 0 bridgehead atoms. The zero-order valence-electron chi connectivity index (χ0n) is 11.2. The maximum atomic E-state index is 12.3. The molecule has 112 valence electrons. The van der Waals surface area contributed by atoms with Gasteiger partial charge >= 0.3 is 5.97 Å². The number of aromatic carboxylic acids is 1. The van der Waals surface area contributed by atoms with Crippen LogP contribution in [-0.4, -0.2) is 24.6 Å². The second kappa shape index (κ2) is 5.13. The number of hydrogen-bond acceptors (Lipinski definition) is 5. The van der Waals surface area contributed by atoms with Crippen molar-refractivity contribution in [2.75, 3.05) is 4.72 Å². The maximum absolute atomic E-state index is 12.3. The molecular formula is C13H13NO6S. The number of phenols is 1. The molecule has 1 heterocycles. The summed E-state index contributed by atoms with van der Waals surface area (Å²) in [5.74, 6) is -1.80. The van der Waals surface area contributed by atoms with Gasteiger partial charge < -0.3 is 14.6 Å². The van der Waals surface area contributed by atoms with E-state index in [4.69, 9.17) is 9.52 Å². The number of rotatable bonds is 4. The van der Waals surface area contributed by atoms with Crippen molar-refractivity contribution in [3.05, 3.63) is 41.3 Å². The highest BCUT2D eigenvalue weighted by Crippen LogP contribution is 2.26. The standard InChI is InChI=1S/C13H13NO6S/c1-7-5-9(15)3-4-10(7)14-21(18,19)12-6-11(13(16)17)20-8(12)2/h3-6,14-15H,1-2H3,(H,16,17).